The largest absolute Gasteiger partial charge is 0.493 e. The van der Waals surface area contributed by atoms with Crippen LogP contribution in [0.5, 0.6) is 0 Å². The molecule has 94 valence electrons. The van der Waals surface area contributed by atoms with Crippen molar-refractivity contribution in [2.75, 3.05) is 0 Å². The van der Waals surface area contributed by atoms with E-state index < -0.39 is 18.3 Å². The van der Waals surface area contributed by atoms with Crippen LogP contribution < -0.4 is 5.46 Å². The van der Waals surface area contributed by atoms with Gasteiger partial charge in [0.05, 0.1) is 11.2 Å². The topological polar surface area (TPSA) is 62.6 Å². The summed E-state index contributed by atoms with van der Waals surface area (Å²) in [6.07, 6.45) is 1.44. The molecule has 0 unspecified atom stereocenters. The van der Waals surface area contributed by atoms with Crippen molar-refractivity contribution in [1.82, 2.24) is 4.98 Å². The van der Waals surface area contributed by atoms with E-state index in [1.165, 1.54) is 6.20 Å². The molecule has 0 aliphatic heterocycles. The number of hydrogen-bond acceptors (Lipinski definition) is 4. The van der Waals surface area contributed by atoms with E-state index >= 15 is 0 Å². The summed E-state index contributed by atoms with van der Waals surface area (Å²) < 4.78 is 5.45. The van der Waals surface area contributed by atoms with E-state index in [4.69, 9.17) is 16.3 Å². The minimum atomic E-state index is -1.15. The van der Waals surface area contributed by atoms with Crippen LogP contribution in [-0.2, 0) is 4.65 Å². The first-order valence-electron chi connectivity index (χ1n) is 5.33. The second kappa shape index (κ2) is 4.94. The summed E-state index contributed by atoms with van der Waals surface area (Å²) in [6.45, 7) is 6.67. The quantitative estimate of drug-likeness (QED) is 0.624. The molecule has 0 aliphatic rings. The molecule has 1 rings (SSSR count). The zero-order chi connectivity index (χ0) is 13.3. The highest BCUT2D eigenvalue weighted by molar-refractivity contribution is 6.60. The molecule has 4 nitrogen and oxygen atoms in total. The average Bonchev–Trinajstić information content (AvgIpc) is 2.16. The van der Waals surface area contributed by atoms with E-state index in [0.29, 0.717) is 10.6 Å². The van der Waals surface area contributed by atoms with Gasteiger partial charge in [0.15, 0.2) is 0 Å². The molecule has 1 aromatic rings. The Morgan fingerprint density at radius 2 is 1.88 bits per heavy atom. The van der Waals surface area contributed by atoms with Crippen LogP contribution >= 0.6 is 11.6 Å². The predicted molar refractivity (Wildman–Crippen MR) is 68.3 cm³/mol. The van der Waals surface area contributed by atoms with E-state index in [1.54, 1.807) is 39.8 Å². The molecule has 0 bridgehead atoms. The van der Waals surface area contributed by atoms with Crippen LogP contribution in [-0.4, -0.2) is 33.4 Å². The van der Waals surface area contributed by atoms with Gasteiger partial charge in [0.1, 0.15) is 5.15 Å². The van der Waals surface area contributed by atoms with Crippen molar-refractivity contribution in [3.8, 4) is 0 Å². The lowest BCUT2D eigenvalue weighted by Gasteiger charge is -2.38. The molecule has 0 spiro atoms. The monoisotopic (exact) mass is 257 g/mol. The van der Waals surface area contributed by atoms with Crippen LogP contribution in [0.15, 0.2) is 18.3 Å². The number of hydrogen-bond donors (Lipinski definition) is 2. The molecule has 6 heteroatoms. The zero-order valence-corrected chi connectivity index (χ0v) is 11.2. The molecule has 0 atom stereocenters. The summed E-state index contributed by atoms with van der Waals surface area (Å²) in [5, 5.41) is 20.2. The van der Waals surface area contributed by atoms with Crippen molar-refractivity contribution in [3.05, 3.63) is 23.5 Å². The number of aromatic nitrogens is 1. The molecule has 0 radical (unpaired) electrons. The Balaban J connectivity index is 2.79. The fraction of sp³-hybridized carbons (Fsp3) is 0.545. The number of rotatable bonds is 4. The molecule has 0 aliphatic carbocycles. The third-order valence-corrected chi connectivity index (χ3v) is 3.14. The molecule has 2 N–H and O–H groups in total. The smallest absolute Gasteiger partial charge is 0.423 e. The molecular formula is C11H17BClNO3. The Bertz CT molecular complexity index is 375. The minimum absolute atomic E-state index is 0.350. The lowest BCUT2D eigenvalue weighted by Crippen LogP contribution is -2.53. The SMILES string of the molecule is CC(C)(O)C(C)(C)OB(O)c1ccc(Cl)nc1. The Morgan fingerprint density at radius 3 is 2.29 bits per heavy atom. The molecule has 17 heavy (non-hydrogen) atoms. The van der Waals surface area contributed by atoms with E-state index in [9.17, 15) is 10.1 Å². The Kier molecular flexibility index (Phi) is 4.20. The average molecular weight is 258 g/mol. The standard InChI is InChI=1S/C11H17BClNO3/c1-10(2,15)11(3,4)17-12(16)8-5-6-9(13)14-7-8/h5-7,15-16H,1-4H3. The maximum Gasteiger partial charge on any atom is 0.493 e. The van der Waals surface area contributed by atoms with Crippen LogP contribution in [0.25, 0.3) is 0 Å². The number of halogens is 1. The van der Waals surface area contributed by atoms with Crippen LogP contribution in [0.4, 0.5) is 0 Å². The second-order valence-corrected chi connectivity index (χ2v) is 5.34. The first-order chi connectivity index (χ1) is 7.63. The Labute approximate surface area is 107 Å². The van der Waals surface area contributed by atoms with Gasteiger partial charge in [0, 0.05) is 11.7 Å². The highest BCUT2D eigenvalue weighted by atomic mass is 35.5. The second-order valence-electron chi connectivity index (χ2n) is 4.95. The lowest BCUT2D eigenvalue weighted by atomic mass is 9.77. The van der Waals surface area contributed by atoms with Crippen LogP contribution in [0, 0.1) is 0 Å². The minimum Gasteiger partial charge on any atom is -0.423 e. The van der Waals surface area contributed by atoms with Crippen molar-refractivity contribution in [3.63, 3.8) is 0 Å². The van der Waals surface area contributed by atoms with E-state index in [0.717, 1.165) is 0 Å². The van der Waals surface area contributed by atoms with Gasteiger partial charge in [-0.2, -0.15) is 0 Å². The molecule has 0 saturated carbocycles. The normalized spacial score (nSPS) is 12.6. The summed E-state index contributed by atoms with van der Waals surface area (Å²) in [6, 6.07) is 3.20. The highest BCUT2D eigenvalue weighted by Gasteiger charge is 2.39. The van der Waals surface area contributed by atoms with Gasteiger partial charge in [-0.15, -0.1) is 0 Å². The molecule has 1 heterocycles. The number of pyridine rings is 1. The fourth-order valence-electron chi connectivity index (χ4n) is 1.02. The number of aliphatic hydroxyl groups is 1. The van der Waals surface area contributed by atoms with Gasteiger partial charge in [-0.25, -0.2) is 4.98 Å². The zero-order valence-electron chi connectivity index (χ0n) is 10.4. The van der Waals surface area contributed by atoms with Crippen molar-refractivity contribution in [1.29, 1.82) is 0 Å². The van der Waals surface area contributed by atoms with Crippen molar-refractivity contribution in [2.45, 2.75) is 38.9 Å². The van der Waals surface area contributed by atoms with Gasteiger partial charge in [0.2, 0.25) is 0 Å². The lowest BCUT2D eigenvalue weighted by molar-refractivity contribution is -0.0982. The predicted octanol–water partition coefficient (Wildman–Crippen LogP) is 0.989. The van der Waals surface area contributed by atoms with Gasteiger partial charge in [-0.3, -0.25) is 0 Å². The maximum atomic E-state index is 9.91. The first-order valence-corrected chi connectivity index (χ1v) is 5.71. The van der Waals surface area contributed by atoms with Gasteiger partial charge in [-0.1, -0.05) is 17.7 Å². The fourth-order valence-corrected chi connectivity index (χ4v) is 1.14. The summed E-state index contributed by atoms with van der Waals surface area (Å²) in [5.74, 6) is 0. The third-order valence-electron chi connectivity index (χ3n) is 2.92. The van der Waals surface area contributed by atoms with Crippen molar-refractivity contribution >= 4 is 24.2 Å². The van der Waals surface area contributed by atoms with E-state index in [2.05, 4.69) is 4.98 Å². The summed E-state index contributed by atoms with van der Waals surface area (Å²) >= 11 is 5.65. The summed E-state index contributed by atoms with van der Waals surface area (Å²) in [7, 11) is -1.15. The van der Waals surface area contributed by atoms with E-state index in [1.807, 2.05) is 0 Å². The van der Waals surface area contributed by atoms with E-state index in [-0.39, 0.29) is 0 Å². The maximum absolute atomic E-state index is 9.91. The van der Waals surface area contributed by atoms with Gasteiger partial charge in [-0.05, 0) is 33.8 Å². The Hall–Kier alpha value is -0.615. The van der Waals surface area contributed by atoms with Crippen LogP contribution in [0.1, 0.15) is 27.7 Å². The van der Waals surface area contributed by atoms with Crippen molar-refractivity contribution < 1.29 is 14.8 Å². The molecule has 0 saturated heterocycles. The molecule has 1 aromatic heterocycles. The van der Waals surface area contributed by atoms with Crippen LogP contribution in [0.3, 0.4) is 0 Å². The summed E-state index contributed by atoms with van der Waals surface area (Å²) in [4.78, 5) is 3.86. The van der Waals surface area contributed by atoms with Gasteiger partial charge in [0.25, 0.3) is 0 Å². The molecule has 0 amide bonds. The molecule has 0 fully saturated rings. The van der Waals surface area contributed by atoms with Crippen LogP contribution in [0.2, 0.25) is 5.15 Å². The van der Waals surface area contributed by atoms with Gasteiger partial charge >= 0.3 is 7.12 Å². The summed E-state index contributed by atoms with van der Waals surface area (Å²) in [5.41, 5.74) is -1.48. The molecule has 0 aromatic carbocycles. The van der Waals surface area contributed by atoms with Gasteiger partial charge < -0.3 is 14.8 Å². The Morgan fingerprint density at radius 1 is 1.29 bits per heavy atom. The number of nitrogens with zero attached hydrogens (tertiary/aromatic N) is 1. The molecular weight excluding hydrogens is 240 g/mol. The first kappa shape index (κ1) is 14.4. The third kappa shape index (κ3) is 3.68. The van der Waals surface area contributed by atoms with Crippen molar-refractivity contribution in [2.24, 2.45) is 0 Å². The highest BCUT2D eigenvalue weighted by Crippen LogP contribution is 2.25.